The number of hydrogen-bond donors (Lipinski definition) is 0. The van der Waals surface area contributed by atoms with Crippen LogP contribution in [0.1, 0.15) is 22.3 Å². The summed E-state index contributed by atoms with van der Waals surface area (Å²) in [4.78, 5) is 2.45. The average molecular weight is 854 g/mol. The van der Waals surface area contributed by atoms with Crippen molar-refractivity contribution in [2.45, 2.75) is 5.41 Å². The van der Waals surface area contributed by atoms with E-state index in [2.05, 4.69) is 254 Å². The van der Waals surface area contributed by atoms with E-state index in [0.717, 1.165) is 50.1 Å². The van der Waals surface area contributed by atoms with Crippen molar-refractivity contribution in [3.8, 4) is 44.5 Å². The molecule has 0 radical (unpaired) electrons. The van der Waals surface area contributed by atoms with Crippen LogP contribution in [0.2, 0.25) is 0 Å². The molecule has 11 aromatic carbocycles. The second-order valence-electron chi connectivity index (χ2n) is 17.6. The van der Waals surface area contributed by atoms with E-state index in [1.165, 1.54) is 66.4 Å². The number of furan rings is 1. The lowest BCUT2D eigenvalue weighted by atomic mass is 9.68. The lowest BCUT2D eigenvalue weighted by molar-refractivity contribution is 0.669. The van der Waals surface area contributed by atoms with E-state index >= 15 is 0 Å². The highest BCUT2D eigenvalue weighted by atomic mass is 16.3. The molecule has 0 N–H and O–H groups in total. The summed E-state index contributed by atoms with van der Waals surface area (Å²) in [5.41, 5.74) is 19.2. The molecule has 2 nitrogen and oxygen atoms in total. The average Bonchev–Trinajstić information content (AvgIpc) is 3.93. The topological polar surface area (TPSA) is 16.4 Å². The van der Waals surface area contributed by atoms with Crippen molar-refractivity contribution >= 4 is 49.8 Å². The Morgan fingerprint density at radius 2 is 0.806 bits per heavy atom. The molecule has 0 aliphatic heterocycles. The van der Waals surface area contributed by atoms with Gasteiger partial charge in [-0.05, 0) is 127 Å². The fraction of sp³-hybridized carbons (Fsp3) is 0.0154. The zero-order chi connectivity index (χ0) is 44.3. The van der Waals surface area contributed by atoms with Crippen molar-refractivity contribution in [1.29, 1.82) is 0 Å². The van der Waals surface area contributed by atoms with Crippen LogP contribution in [0.3, 0.4) is 0 Å². The predicted octanol–water partition coefficient (Wildman–Crippen LogP) is 17.6. The van der Waals surface area contributed by atoms with Crippen LogP contribution in [0, 0.1) is 0 Å². The van der Waals surface area contributed by atoms with Crippen molar-refractivity contribution in [2.75, 3.05) is 4.90 Å². The van der Waals surface area contributed by atoms with Gasteiger partial charge in [0, 0.05) is 27.7 Å². The Morgan fingerprint density at radius 1 is 0.313 bits per heavy atom. The third-order valence-electron chi connectivity index (χ3n) is 14.0. The first kappa shape index (κ1) is 38.7. The van der Waals surface area contributed by atoms with Crippen LogP contribution >= 0.6 is 0 Å². The molecule has 12 aromatic rings. The molecule has 13 rings (SSSR count). The Labute approximate surface area is 390 Å². The second kappa shape index (κ2) is 15.8. The molecular formula is C65H43NO. The molecule has 1 aliphatic carbocycles. The van der Waals surface area contributed by atoms with Crippen LogP contribution in [0.15, 0.2) is 265 Å². The van der Waals surface area contributed by atoms with E-state index in [9.17, 15) is 0 Å². The minimum atomic E-state index is -0.515. The van der Waals surface area contributed by atoms with Gasteiger partial charge >= 0.3 is 0 Å². The highest BCUT2D eigenvalue weighted by molar-refractivity contribution is 6.06. The van der Waals surface area contributed by atoms with Gasteiger partial charge in [-0.2, -0.15) is 0 Å². The van der Waals surface area contributed by atoms with Crippen LogP contribution in [0.5, 0.6) is 0 Å². The molecule has 2 heteroatoms. The van der Waals surface area contributed by atoms with E-state index in [-0.39, 0.29) is 0 Å². The molecule has 0 saturated heterocycles. The van der Waals surface area contributed by atoms with Gasteiger partial charge < -0.3 is 9.32 Å². The molecule has 0 bridgehead atoms. The molecule has 314 valence electrons. The molecule has 67 heavy (non-hydrogen) atoms. The Morgan fingerprint density at radius 3 is 1.49 bits per heavy atom. The second-order valence-corrected chi connectivity index (χ2v) is 17.6. The maximum Gasteiger partial charge on any atom is 0.135 e. The van der Waals surface area contributed by atoms with Crippen molar-refractivity contribution in [3.05, 3.63) is 283 Å². The molecule has 0 atom stereocenters. The van der Waals surface area contributed by atoms with E-state index < -0.39 is 5.41 Å². The quantitative estimate of drug-likeness (QED) is 0.151. The Bertz CT molecular complexity index is 3730. The van der Waals surface area contributed by atoms with E-state index in [0.29, 0.717) is 0 Å². The number of benzene rings is 11. The number of para-hydroxylation sites is 1. The highest BCUT2D eigenvalue weighted by Gasteiger charge is 2.47. The van der Waals surface area contributed by atoms with Gasteiger partial charge in [-0.15, -0.1) is 0 Å². The lowest BCUT2D eigenvalue weighted by Crippen LogP contribution is -2.28. The minimum absolute atomic E-state index is 0.515. The van der Waals surface area contributed by atoms with E-state index in [1.807, 2.05) is 12.1 Å². The normalized spacial score (nSPS) is 12.6. The van der Waals surface area contributed by atoms with Crippen LogP contribution in [0.25, 0.3) is 77.2 Å². The van der Waals surface area contributed by atoms with Crippen molar-refractivity contribution in [3.63, 3.8) is 0 Å². The maximum absolute atomic E-state index is 6.19. The smallest absolute Gasteiger partial charge is 0.135 e. The number of rotatable bonds is 8. The molecule has 0 spiro atoms. The van der Waals surface area contributed by atoms with Gasteiger partial charge in [0.1, 0.15) is 11.2 Å². The first-order chi connectivity index (χ1) is 33.2. The highest BCUT2D eigenvalue weighted by Crippen LogP contribution is 2.59. The summed E-state index contributed by atoms with van der Waals surface area (Å²) in [6, 6.07) is 95.2. The summed E-state index contributed by atoms with van der Waals surface area (Å²) in [7, 11) is 0. The fourth-order valence-corrected chi connectivity index (χ4v) is 10.8. The third-order valence-corrected chi connectivity index (χ3v) is 14.0. The lowest BCUT2D eigenvalue weighted by Gasteiger charge is -2.34. The molecule has 1 aromatic heterocycles. The van der Waals surface area contributed by atoms with Crippen molar-refractivity contribution in [1.82, 2.24) is 0 Å². The largest absolute Gasteiger partial charge is 0.456 e. The van der Waals surface area contributed by atoms with Gasteiger partial charge in [-0.1, -0.05) is 206 Å². The van der Waals surface area contributed by atoms with Gasteiger partial charge in [0.25, 0.3) is 0 Å². The summed E-state index contributed by atoms with van der Waals surface area (Å²) in [6.45, 7) is 0. The summed E-state index contributed by atoms with van der Waals surface area (Å²) < 4.78 is 6.19. The van der Waals surface area contributed by atoms with Gasteiger partial charge in [0.15, 0.2) is 0 Å². The molecule has 0 unspecified atom stereocenters. The van der Waals surface area contributed by atoms with E-state index in [1.54, 1.807) is 0 Å². The summed E-state index contributed by atoms with van der Waals surface area (Å²) in [5, 5.41) is 4.76. The first-order valence-electron chi connectivity index (χ1n) is 23.1. The van der Waals surface area contributed by atoms with Crippen LogP contribution < -0.4 is 4.90 Å². The van der Waals surface area contributed by atoms with Gasteiger partial charge in [0.05, 0.1) is 11.1 Å². The summed E-state index contributed by atoms with van der Waals surface area (Å²) in [6.07, 6.45) is 0. The Balaban J connectivity index is 0.950. The maximum atomic E-state index is 6.19. The molecular weight excluding hydrogens is 811 g/mol. The Hall–Kier alpha value is -8.72. The number of nitrogens with zero attached hydrogens (tertiary/aromatic N) is 1. The third kappa shape index (κ3) is 6.33. The van der Waals surface area contributed by atoms with Crippen LogP contribution in [0.4, 0.5) is 17.1 Å². The number of anilines is 3. The van der Waals surface area contributed by atoms with E-state index in [4.69, 9.17) is 4.42 Å². The minimum Gasteiger partial charge on any atom is -0.456 e. The number of fused-ring (bicyclic) bond motifs is 7. The van der Waals surface area contributed by atoms with Gasteiger partial charge in [0.2, 0.25) is 0 Å². The zero-order valence-corrected chi connectivity index (χ0v) is 36.7. The molecule has 1 heterocycles. The van der Waals surface area contributed by atoms with Gasteiger partial charge in [-0.3, -0.25) is 0 Å². The SMILES string of the molecule is c1ccc(C2(c3ccccc3)c3ccccc3-c3c(N(c4ccc(-c5ccc(-c6ccc7ccccc7c6)cc5)cc4)c4ccc(-c5ccc6oc7ccccc7c6c5)cc4)cccc32)cc1. The molecule has 1 aliphatic rings. The number of hydrogen-bond acceptors (Lipinski definition) is 2. The zero-order valence-electron chi connectivity index (χ0n) is 36.7. The van der Waals surface area contributed by atoms with Gasteiger partial charge in [-0.25, -0.2) is 0 Å². The van der Waals surface area contributed by atoms with Crippen molar-refractivity contribution < 1.29 is 4.42 Å². The summed E-state index contributed by atoms with van der Waals surface area (Å²) >= 11 is 0. The van der Waals surface area contributed by atoms with Crippen LogP contribution in [-0.2, 0) is 5.41 Å². The standard InChI is InChI=1S/C65H43NO/c1-3-16-52(17-4-1)65(53-18-5-2-6-19-53)59-22-11-9-21-57(59)64-60(65)23-13-24-61(64)66(55-39-34-48(35-40-55)51-36-41-63-58(43-51)56-20-10-12-25-62(56)67-63)54-37-32-46(33-38-54)45-26-28-47(29-27-45)50-31-30-44-14-7-8-15-49(44)42-50/h1-43H. The molecule has 0 fully saturated rings. The summed E-state index contributed by atoms with van der Waals surface area (Å²) in [5.74, 6) is 0. The fourth-order valence-electron chi connectivity index (χ4n) is 10.8. The first-order valence-corrected chi connectivity index (χ1v) is 23.1. The molecule has 0 saturated carbocycles. The predicted molar refractivity (Wildman–Crippen MR) is 280 cm³/mol. The molecule has 0 amide bonds. The van der Waals surface area contributed by atoms with Crippen LogP contribution in [-0.4, -0.2) is 0 Å². The monoisotopic (exact) mass is 853 g/mol. The van der Waals surface area contributed by atoms with Crippen molar-refractivity contribution in [2.24, 2.45) is 0 Å². The Kier molecular flexibility index (Phi) is 9.11.